The zero-order valence-electron chi connectivity index (χ0n) is 11.3. The first kappa shape index (κ1) is 13.7. The minimum absolute atomic E-state index is 0.172. The highest BCUT2D eigenvalue weighted by atomic mass is 16.6. The maximum absolute atomic E-state index is 10.9. The molecule has 1 aromatic carbocycles. The summed E-state index contributed by atoms with van der Waals surface area (Å²) in [6.07, 6.45) is 6.45. The van der Waals surface area contributed by atoms with E-state index < -0.39 is 0 Å². The maximum atomic E-state index is 10.9. The Labute approximate surface area is 113 Å². The first-order valence-electron chi connectivity index (χ1n) is 6.79. The number of benzene rings is 1. The van der Waals surface area contributed by atoms with Crippen LogP contribution in [-0.2, 0) is 0 Å². The smallest absolute Gasteiger partial charge is 0.276 e. The van der Waals surface area contributed by atoms with Crippen molar-refractivity contribution in [1.82, 2.24) is 4.90 Å². The van der Waals surface area contributed by atoms with E-state index in [9.17, 15) is 10.1 Å². The van der Waals surface area contributed by atoms with Crippen LogP contribution in [0.15, 0.2) is 30.3 Å². The highest BCUT2D eigenvalue weighted by molar-refractivity contribution is 5.60. The van der Waals surface area contributed by atoms with E-state index in [1.807, 2.05) is 18.2 Å². The number of piperidine rings is 1. The van der Waals surface area contributed by atoms with Gasteiger partial charge in [-0.15, -0.1) is 0 Å². The van der Waals surface area contributed by atoms with E-state index in [0.717, 1.165) is 25.6 Å². The third-order valence-electron chi connectivity index (χ3n) is 3.54. The predicted molar refractivity (Wildman–Crippen MR) is 77.0 cm³/mol. The van der Waals surface area contributed by atoms with Gasteiger partial charge in [-0.05, 0) is 31.4 Å². The highest BCUT2D eigenvalue weighted by Crippen LogP contribution is 2.19. The van der Waals surface area contributed by atoms with Crippen LogP contribution in [0.25, 0.3) is 6.08 Å². The van der Waals surface area contributed by atoms with E-state index >= 15 is 0 Å². The molecule has 1 aliphatic heterocycles. The maximum Gasteiger partial charge on any atom is 0.276 e. The second-order valence-corrected chi connectivity index (χ2v) is 5.23. The molecule has 1 fully saturated rings. The molecule has 1 heterocycles. The van der Waals surface area contributed by atoms with Crippen LogP contribution in [0.3, 0.4) is 0 Å². The number of para-hydroxylation sites is 1. The fraction of sp³-hybridized carbons (Fsp3) is 0.467. The van der Waals surface area contributed by atoms with Gasteiger partial charge in [0.2, 0.25) is 0 Å². The molecule has 0 spiro atoms. The van der Waals surface area contributed by atoms with E-state index in [1.165, 1.54) is 12.8 Å². The van der Waals surface area contributed by atoms with Crippen LogP contribution < -0.4 is 0 Å². The highest BCUT2D eigenvalue weighted by Gasteiger charge is 2.15. The van der Waals surface area contributed by atoms with Crippen LogP contribution in [0.4, 0.5) is 5.69 Å². The van der Waals surface area contributed by atoms with E-state index in [0.29, 0.717) is 5.56 Å². The van der Waals surface area contributed by atoms with Crippen molar-refractivity contribution < 1.29 is 4.92 Å². The Morgan fingerprint density at radius 3 is 3.00 bits per heavy atom. The van der Waals surface area contributed by atoms with Gasteiger partial charge in [-0.1, -0.05) is 31.2 Å². The first-order valence-corrected chi connectivity index (χ1v) is 6.79. The summed E-state index contributed by atoms with van der Waals surface area (Å²) in [5.41, 5.74) is 0.850. The van der Waals surface area contributed by atoms with Crippen LogP contribution in [0.2, 0.25) is 0 Å². The summed E-state index contributed by atoms with van der Waals surface area (Å²) in [6.45, 7) is 5.40. The lowest BCUT2D eigenvalue weighted by Crippen LogP contribution is -2.34. The van der Waals surface area contributed by atoms with Crippen LogP contribution >= 0.6 is 0 Å². The van der Waals surface area contributed by atoms with Gasteiger partial charge in [0.25, 0.3) is 5.69 Å². The lowest BCUT2D eigenvalue weighted by molar-refractivity contribution is -0.385. The molecule has 2 rings (SSSR count). The molecule has 0 unspecified atom stereocenters. The van der Waals surface area contributed by atoms with Crippen molar-refractivity contribution in [1.29, 1.82) is 0 Å². The zero-order valence-corrected chi connectivity index (χ0v) is 11.3. The van der Waals surface area contributed by atoms with Crippen molar-refractivity contribution in [3.63, 3.8) is 0 Å². The summed E-state index contributed by atoms with van der Waals surface area (Å²) in [5, 5.41) is 10.9. The fourth-order valence-corrected chi connectivity index (χ4v) is 2.58. The van der Waals surface area contributed by atoms with Crippen molar-refractivity contribution in [3.05, 3.63) is 46.0 Å². The van der Waals surface area contributed by atoms with Crippen molar-refractivity contribution in [2.45, 2.75) is 19.8 Å². The van der Waals surface area contributed by atoms with Crippen LogP contribution in [0.1, 0.15) is 25.3 Å². The lowest BCUT2D eigenvalue weighted by Gasteiger charge is -2.29. The molecular weight excluding hydrogens is 240 g/mol. The third-order valence-corrected chi connectivity index (χ3v) is 3.54. The monoisotopic (exact) mass is 260 g/mol. The number of hydrogen-bond donors (Lipinski definition) is 0. The van der Waals surface area contributed by atoms with E-state index in [1.54, 1.807) is 18.2 Å². The van der Waals surface area contributed by atoms with Gasteiger partial charge in [0.05, 0.1) is 10.5 Å². The standard InChI is InChI=1S/C15H20N2O2/c1-13-6-4-10-16(12-13)11-5-8-14-7-2-3-9-15(14)17(18)19/h2-3,5,7-9,13H,4,6,10-12H2,1H3/b8-5+/t13-/m1/s1. The Morgan fingerprint density at radius 2 is 2.26 bits per heavy atom. The molecule has 0 radical (unpaired) electrons. The molecule has 0 saturated carbocycles. The van der Waals surface area contributed by atoms with Gasteiger partial charge in [0.15, 0.2) is 0 Å². The van der Waals surface area contributed by atoms with Crippen LogP contribution in [0, 0.1) is 16.0 Å². The minimum atomic E-state index is -0.331. The molecule has 1 atom stereocenters. The second-order valence-electron chi connectivity index (χ2n) is 5.23. The predicted octanol–water partition coefficient (Wildman–Crippen LogP) is 3.34. The van der Waals surface area contributed by atoms with Crippen molar-refractivity contribution in [3.8, 4) is 0 Å². The molecule has 1 aliphatic rings. The van der Waals surface area contributed by atoms with Gasteiger partial charge >= 0.3 is 0 Å². The molecule has 4 nitrogen and oxygen atoms in total. The molecule has 1 saturated heterocycles. The Morgan fingerprint density at radius 1 is 1.47 bits per heavy atom. The molecule has 0 aliphatic carbocycles. The number of nitro benzene ring substituents is 1. The van der Waals surface area contributed by atoms with Crippen molar-refractivity contribution in [2.24, 2.45) is 5.92 Å². The number of rotatable bonds is 4. The van der Waals surface area contributed by atoms with E-state index in [4.69, 9.17) is 0 Å². The number of hydrogen-bond acceptors (Lipinski definition) is 3. The molecule has 1 aromatic rings. The number of likely N-dealkylation sites (tertiary alicyclic amines) is 1. The summed E-state index contributed by atoms with van der Waals surface area (Å²) in [4.78, 5) is 13.0. The van der Waals surface area contributed by atoms with Gasteiger partial charge in [-0.25, -0.2) is 0 Å². The minimum Gasteiger partial charge on any atom is -0.299 e. The number of nitro groups is 1. The summed E-state index contributed by atoms with van der Waals surface area (Å²) in [5.74, 6) is 0.758. The van der Waals surface area contributed by atoms with Crippen molar-refractivity contribution in [2.75, 3.05) is 19.6 Å². The van der Waals surface area contributed by atoms with Crippen molar-refractivity contribution >= 4 is 11.8 Å². The average molecular weight is 260 g/mol. The van der Waals surface area contributed by atoms with Gasteiger partial charge in [-0.3, -0.25) is 15.0 Å². The molecule has 19 heavy (non-hydrogen) atoms. The Kier molecular flexibility index (Phi) is 4.68. The topological polar surface area (TPSA) is 46.4 Å². The van der Waals surface area contributed by atoms with Crippen LogP contribution in [-0.4, -0.2) is 29.5 Å². The van der Waals surface area contributed by atoms with Crippen LogP contribution in [0.5, 0.6) is 0 Å². The van der Waals surface area contributed by atoms with E-state index in [2.05, 4.69) is 11.8 Å². The Bertz CT molecular complexity index is 471. The number of nitrogens with zero attached hydrogens (tertiary/aromatic N) is 2. The summed E-state index contributed by atoms with van der Waals surface area (Å²) < 4.78 is 0. The molecular formula is C15H20N2O2. The molecule has 4 heteroatoms. The van der Waals surface area contributed by atoms with Gasteiger partial charge in [0.1, 0.15) is 0 Å². The normalized spacial score (nSPS) is 20.8. The van der Waals surface area contributed by atoms with Gasteiger partial charge < -0.3 is 0 Å². The average Bonchev–Trinajstić information content (AvgIpc) is 2.39. The zero-order chi connectivity index (χ0) is 13.7. The summed E-state index contributed by atoms with van der Waals surface area (Å²) >= 11 is 0. The first-order chi connectivity index (χ1) is 9.16. The summed E-state index contributed by atoms with van der Waals surface area (Å²) in [7, 11) is 0. The molecule has 0 amide bonds. The fourth-order valence-electron chi connectivity index (χ4n) is 2.58. The second kappa shape index (κ2) is 6.48. The lowest BCUT2D eigenvalue weighted by atomic mass is 10.0. The third kappa shape index (κ3) is 3.89. The molecule has 0 bridgehead atoms. The molecule has 0 aromatic heterocycles. The Balaban J connectivity index is 1.97. The quantitative estimate of drug-likeness (QED) is 0.616. The Hall–Kier alpha value is -1.68. The van der Waals surface area contributed by atoms with Gasteiger partial charge in [0, 0.05) is 19.2 Å². The largest absolute Gasteiger partial charge is 0.299 e. The SMILES string of the molecule is C[C@@H]1CCCN(C/C=C/c2ccccc2[N+](=O)[O-])C1. The summed E-state index contributed by atoms with van der Waals surface area (Å²) in [6, 6.07) is 6.85. The van der Waals surface area contributed by atoms with Gasteiger partial charge in [-0.2, -0.15) is 0 Å². The van der Waals surface area contributed by atoms with E-state index in [-0.39, 0.29) is 10.6 Å². The molecule has 102 valence electrons. The molecule has 0 N–H and O–H groups in total.